The van der Waals surface area contributed by atoms with Gasteiger partial charge in [0.15, 0.2) is 0 Å². The highest BCUT2D eigenvalue weighted by Gasteiger charge is 2.38. The Labute approximate surface area is 128 Å². The van der Waals surface area contributed by atoms with E-state index in [0.29, 0.717) is 26.0 Å². The molecule has 2 aliphatic rings. The van der Waals surface area contributed by atoms with Crippen molar-refractivity contribution < 1.29 is 14.6 Å². The van der Waals surface area contributed by atoms with Gasteiger partial charge in [0.2, 0.25) is 0 Å². The van der Waals surface area contributed by atoms with Crippen molar-refractivity contribution in [2.45, 2.75) is 82.8 Å². The molecule has 122 valence electrons. The zero-order valence-corrected chi connectivity index (χ0v) is 13.6. The lowest BCUT2D eigenvalue weighted by Crippen LogP contribution is -2.52. The molecule has 2 N–H and O–H groups in total. The quantitative estimate of drug-likeness (QED) is 0.766. The SMILES string of the molecule is CCOC(=O)C1CCC(O)(CNC2(C)CCCCC2)CC1. The lowest BCUT2D eigenvalue weighted by Gasteiger charge is -2.41. The summed E-state index contributed by atoms with van der Waals surface area (Å²) in [5.74, 6) is -0.109. The summed E-state index contributed by atoms with van der Waals surface area (Å²) < 4.78 is 5.08. The zero-order valence-electron chi connectivity index (χ0n) is 13.6. The van der Waals surface area contributed by atoms with E-state index in [9.17, 15) is 9.90 Å². The van der Waals surface area contributed by atoms with Crippen LogP contribution in [0.2, 0.25) is 0 Å². The van der Waals surface area contributed by atoms with Gasteiger partial charge in [-0.05, 0) is 52.4 Å². The van der Waals surface area contributed by atoms with E-state index in [0.717, 1.165) is 12.8 Å². The molecule has 0 radical (unpaired) electrons. The molecule has 2 rings (SSSR count). The molecule has 0 atom stereocenters. The minimum absolute atomic E-state index is 0.0181. The van der Waals surface area contributed by atoms with Crippen molar-refractivity contribution in [2.75, 3.05) is 13.2 Å². The minimum Gasteiger partial charge on any atom is -0.466 e. The van der Waals surface area contributed by atoms with Crippen LogP contribution < -0.4 is 5.32 Å². The van der Waals surface area contributed by atoms with Gasteiger partial charge >= 0.3 is 5.97 Å². The monoisotopic (exact) mass is 297 g/mol. The minimum atomic E-state index is -0.649. The van der Waals surface area contributed by atoms with E-state index in [1.165, 1.54) is 32.1 Å². The first-order valence-corrected chi connectivity index (χ1v) is 8.60. The summed E-state index contributed by atoms with van der Waals surface area (Å²) in [4.78, 5) is 11.7. The van der Waals surface area contributed by atoms with Crippen molar-refractivity contribution in [2.24, 2.45) is 5.92 Å². The molecule has 4 nitrogen and oxygen atoms in total. The Morgan fingerprint density at radius 3 is 2.38 bits per heavy atom. The van der Waals surface area contributed by atoms with Gasteiger partial charge in [0.25, 0.3) is 0 Å². The zero-order chi connectivity index (χ0) is 15.3. The number of aliphatic hydroxyl groups is 1. The predicted octanol–water partition coefficient (Wildman–Crippen LogP) is 2.78. The van der Waals surface area contributed by atoms with Gasteiger partial charge in [0.1, 0.15) is 0 Å². The highest BCUT2D eigenvalue weighted by molar-refractivity contribution is 5.72. The summed E-state index contributed by atoms with van der Waals surface area (Å²) in [5, 5.41) is 14.3. The average molecular weight is 297 g/mol. The molecule has 0 amide bonds. The summed E-state index contributed by atoms with van der Waals surface area (Å²) in [6, 6.07) is 0. The summed E-state index contributed by atoms with van der Waals surface area (Å²) >= 11 is 0. The fourth-order valence-electron chi connectivity index (χ4n) is 3.71. The van der Waals surface area contributed by atoms with Crippen LogP contribution in [0.15, 0.2) is 0 Å². The Hall–Kier alpha value is -0.610. The number of hydrogen-bond acceptors (Lipinski definition) is 4. The maximum atomic E-state index is 11.7. The van der Waals surface area contributed by atoms with E-state index < -0.39 is 5.60 Å². The molecule has 0 saturated heterocycles. The first-order valence-electron chi connectivity index (χ1n) is 8.60. The van der Waals surface area contributed by atoms with E-state index in [-0.39, 0.29) is 17.4 Å². The van der Waals surface area contributed by atoms with Crippen molar-refractivity contribution in [1.29, 1.82) is 0 Å². The molecular formula is C17H31NO3. The van der Waals surface area contributed by atoms with Crippen LogP contribution in [0.1, 0.15) is 71.6 Å². The molecule has 2 saturated carbocycles. The maximum Gasteiger partial charge on any atom is 0.308 e. The van der Waals surface area contributed by atoms with Crippen molar-refractivity contribution >= 4 is 5.97 Å². The Kier molecular flexibility index (Phi) is 5.67. The van der Waals surface area contributed by atoms with Gasteiger partial charge in [-0.3, -0.25) is 4.79 Å². The van der Waals surface area contributed by atoms with Crippen molar-refractivity contribution in [3.63, 3.8) is 0 Å². The number of hydrogen-bond donors (Lipinski definition) is 2. The number of carbonyl (C=O) groups is 1. The fraction of sp³-hybridized carbons (Fsp3) is 0.941. The highest BCUT2D eigenvalue weighted by Crippen LogP contribution is 2.34. The third-order valence-corrected chi connectivity index (χ3v) is 5.34. The second kappa shape index (κ2) is 7.10. The average Bonchev–Trinajstić information content (AvgIpc) is 2.47. The van der Waals surface area contributed by atoms with Crippen LogP contribution in [0.25, 0.3) is 0 Å². The summed E-state index contributed by atoms with van der Waals surface area (Å²) in [5.41, 5.74) is -0.463. The number of nitrogens with one attached hydrogen (secondary N) is 1. The molecule has 2 aliphatic carbocycles. The third-order valence-electron chi connectivity index (χ3n) is 5.34. The Morgan fingerprint density at radius 1 is 1.19 bits per heavy atom. The van der Waals surface area contributed by atoms with Crippen LogP contribution >= 0.6 is 0 Å². The normalized spacial score (nSPS) is 32.6. The smallest absolute Gasteiger partial charge is 0.308 e. The van der Waals surface area contributed by atoms with Gasteiger partial charge in [-0.25, -0.2) is 0 Å². The molecule has 0 heterocycles. The first kappa shape index (κ1) is 16.8. The molecule has 0 aromatic carbocycles. The van der Waals surface area contributed by atoms with E-state index in [4.69, 9.17) is 4.74 Å². The summed E-state index contributed by atoms with van der Waals surface area (Å²) in [6.45, 7) is 5.21. The lowest BCUT2D eigenvalue weighted by atomic mass is 9.77. The van der Waals surface area contributed by atoms with Crippen molar-refractivity contribution in [1.82, 2.24) is 5.32 Å². The second-order valence-electron chi connectivity index (χ2n) is 7.23. The Bertz CT molecular complexity index is 342. The van der Waals surface area contributed by atoms with Crippen LogP contribution in [0, 0.1) is 5.92 Å². The van der Waals surface area contributed by atoms with Crippen LogP contribution in [0.4, 0.5) is 0 Å². The van der Waals surface area contributed by atoms with Gasteiger partial charge in [-0.15, -0.1) is 0 Å². The Morgan fingerprint density at radius 2 is 1.81 bits per heavy atom. The predicted molar refractivity (Wildman–Crippen MR) is 83.0 cm³/mol. The molecule has 0 aliphatic heterocycles. The summed E-state index contributed by atoms with van der Waals surface area (Å²) in [7, 11) is 0. The number of ether oxygens (including phenoxy) is 1. The van der Waals surface area contributed by atoms with E-state index in [1.807, 2.05) is 6.92 Å². The fourth-order valence-corrected chi connectivity index (χ4v) is 3.71. The van der Waals surface area contributed by atoms with Gasteiger partial charge in [-0.2, -0.15) is 0 Å². The van der Waals surface area contributed by atoms with Crippen LogP contribution in [0.5, 0.6) is 0 Å². The molecule has 0 aromatic heterocycles. The van der Waals surface area contributed by atoms with E-state index in [2.05, 4.69) is 12.2 Å². The standard InChI is InChI=1S/C17H31NO3/c1-3-21-15(19)14-7-11-17(20,12-8-14)13-18-16(2)9-5-4-6-10-16/h14,18,20H,3-13H2,1-2H3. The van der Waals surface area contributed by atoms with Crippen LogP contribution in [-0.4, -0.2) is 35.4 Å². The molecule has 0 unspecified atom stereocenters. The highest BCUT2D eigenvalue weighted by atomic mass is 16.5. The largest absolute Gasteiger partial charge is 0.466 e. The maximum absolute atomic E-state index is 11.7. The van der Waals surface area contributed by atoms with Crippen molar-refractivity contribution in [3.05, 3.63) is 0 Å². The number of rotatable bonds is 5. The van der Waals surface area contributed by atoms with Gasteiger partial charge in [-0.1, -0.05) is 19.3 Å². The third kappa shape index (κ3) is 4.68. The van der Waals surface area contributed by atoms with Gasteiger partial charge in [0, 0.05) is 12.1 Å². The molecular weight excluding hydrogens is 266 g/mol. The molecule has 0 bridgehead atoms. The topological polar surface area (TPSA) is 58.6 Å². The summed E-state index contributed by atoms with van der Waals surface area (Å²) in [6.07, 6.45) is 9.19. The number of carbonyl (C=O) groups excluding carboxylic acids is 1. The molecule has 21 heavy (non-hydrogen) atoms. The van der Waals surface area contributed by atoms with Crippen LogP contribution in [-0.2, 0) is 9.53 Å². The van der Waals surface area contributed by atoms with E-state index >= 15 is 0 Å². The molecule has 0 aromatic rings. The first-order chi connectivity index (χ1) is 9.96. The number of β-amino-alcohol motifs (C(OH)–C–C–N with tert-alkyl or cyclic N) is 1. The lowest BCUT2D eigenvalue weighted by molar-refractivity contribution is -0.151. The van der Waals surface area contributed by atoms with Crippen molar-refractivity contribution in [3.8, 4) is 0 Å². The Balaban J connectivity index is 1.78. The molecule has 0 spiro atoms. The van der Waals surface area contributed by atoms with Crippen LogP contribution in [0.3, 0.4) is 0 Å². The van der Waals surface area contributed by atoms with E-state index in [1.54, 1.807) is 0 Å². The second-order valence-corrected chi connectivity index (χ2v) is 7.23. The van der Waals surface area contributed by atoms with Gasteiger partial charge in [0.05, 0.1) is 18.1 Å². The van der Waals surface area contributed by atoms with Gasteiger partial charge < -0.3 is 15.2 Å². The molecule has 2 fully saturated rings. The number of esters is 1. The molecule has 4 heteroatoms.